The number of rotatable bonds is 3. The summed E-state index contributed by atoms with van der Waals surface area (Å²) in [6, 6.07) is 7.65. The van der Waals surface area contributed by atoms with Gasteiger partial charge in [-0.05, 0) is 25.8 Å². The van der Waals surface area contributed by atoms with Crippen LogP contribution in [0.4, 0.5) is 0 Å². The molecular formula is C15H14ClNO2S. The smallest absolute Gasteiger partial charge is 0.315 e. The maximum atomic E-state index is 11.9. The average Bonchev–Trinajstić information content (AvgIpc) is 2.99. The zero-order valence-corrected chi connectivity index (χ0v) is 12.6. The van der Waals surface area contributed by atoms with E-state index in [9.17, 15) is 4.79 Å². The molecule has 0 radical (unpaired) electrons. The number of fused-ring (bicyclic) bond motifs is 1. The fraction of sp³-hybridized carbons (Fsp3) is 0.333. The molecule has 5 heteroatoms. The summed E-state index contributed by atoms with van der Waals surface area (Å²) >= 11 is 7.83. The molecule has 104 valence electrons. The van der Waals surface area contributed by atoms with Crippen molar-refractivity contribution < 1.29 is 9.53 Å². The minimum atomic E-state index is -0.211. The third kappa shape index (κ3) is 2.34. The third-order valence-electron chi connectivity index (χ3n) is 3.39. The maximum absolute atomic E-state index is 11.9. The highest BCUT2D eigenvalue weighted by Gasteiger charge is 2.33. The Hall–Kier alpha value is -1.39. The summed E-state index contributed by atoms with van der Waals surface area (Å²) in [6.07, 6.45) is 1.69. The van der Waals surface area contributed by atoms with Gasteiger partial charge in [0.15, 0.2) is 0 Å². The SMILES string of the molecule is CCOC(=O)C1CCc2sc(-c3ccccc3Cl)nc21. The van der Waals surface area contributed by atoms with Crippen LogP contribution in [0.15, 0.2) is 24.3 Å². The molecule has 1 aromatic carbocycles. The van der Waals surface area contributed by atoms with Crippen LogP contribution in [-0.4, -0.2) is 17.6 Å². The molecule has 1 atom stereocenters. The largest absolute Gasteiger partial charge is 0.465 e. The lowest BCUT2D eigenvalue weighted by atomic mass is 10.1. The molecule has 3 nitrogen and oxygen atoms in total. The van der Waals surface area contributed by atoms with Crippen LogP contribution >= 0.6 is 22.9 Å². The number of thiazole rings is 1. The van der Waals surface area contributed by atoms with Gasteiger partial charge >= 0.3 is 5.97 Å². The van der Waals surface area contributed by atoms with Crippen LogP contribution < -0.4 is 0 Å². The second kappa shape index (κ2) is 5.54. The predicted octanol–water partition coefficient (Wildman–Crippen LogP) is 4.06. The Morgan fingerprint density at radius 3 is 3.05 bits per heavy atom. The number of hydrogen-bond donors (Lipinski definition) is 0. The Bertz CT molecular complexity index is 653. The number of ether oxygens (including phenoxy) is 1. The van der Waals surface area contributed by atoms with Crippen molar-refractivity contribution in [2.75, 3.05) is 6.61 Å². The molecule has 0 saturated carbocycles. The standard InChI is InChI=1S/C15H14ClNO2S/c1-2-19-15(18)10-7-8-12-13(10)17-14(20-12)9-5-3-4-6-11(9)16/h3-6,10H,2,7-8H2,1H3. The Labute approximate surface area is 126 Å². The zero-order chi connectivity index (χ0) is 14.1. The first-order chi connectivity index (χ1) is 9.70. The summed E-state index contributed by atoms with van der Waals surface area (Å²) in [7, 11) is 0. The highest BCUT2D eigenvalue weighted by Crippen LogP contribution is 2.41. The highest BCUT2D eigenvalue weighted by molar-refractivity contribution is 7.15. The van der Waals surface area contributed by atoms with Crippen LogP contribution in [-0.2, 0) is 16.0 Å². The average molecular weight is 308 g/mol. The highest BCUT2D eigenvalue weighted by atomic mass is 35.5. The molecular weight excluding hydrogens is 294 g/mol. The topological polar surface area (TPSA) is 39.2 Å². The molecule has 0 N–H and O–H groups in total. The number of hydrogen-bond acceptors (Lipinski definition) is 4. The first-order valence-electron chi connectivity index (χ1n) is 6.61. The quantitative estimate of drug-likeness (QED) is 0.803. The molecule has 0 saturated heterocycles. The van der Waals surface area contributed by atoms with Gasteiger partial charge in [-0.2, -0.15) is 0 Å². The van der Waals surface area contributed by atoms with Crippen molar-refractivity contribution >= 4 is 28.9 Å². The molecule has 3 rings (SSSR count). The Morgan fingerprint density at radius 2 is 2.30 bits per heavy atom. The molecule has 1 aromatic heterocycles. The molecule has 2 aromatic rings. The number of aromatic nitrogens is 1. The first-order valence-corrected chi connectivity index (χ1v) is 7.81. The second-order valence-corrected chi connectivity index (χ2v) is 6.14. The summed E-state index contributed by atoms with van der Waals surface area (Å²) < 4.78 is 5.12. The monoisotopic (exact) mass is 307 g/mol. The normalized spacial score (nSPS) is 17.0. The lowest BCUT2D eigenvalue weighted by molar-refractivity contribution is -0.145. The Balaban J connectivity index is 1.94. The number of carbonyl (C=O) groups excluding carboxylic acids is 1. The van der Waals surface area contributed by atoms with Gasteiger partial charge in [-0.25, -0.2) is 4.98 Å². The molecule has 0 spiro atoms. The van der Waals surface area contributed by atoms with Crippen molar-refractivity contribution in [3.8, 4) is 10.6 Å². The van der Waals surface area contributed by atoms with E-state index in [1.807, 2.05) is 31.2 Å². The van der Waals surface area contributed by atoms with Crippen molar-refractivity contribution in [2.24, 2.45) is 0 Å². The van der Waals surface area contributed by atoms with Crippen LogP contribution in [0.5, 0.6) is 0 Å². The van der Waals surface area contributed by atoms with Gasteiger partial charge in [0.25, 0.3) is 0 Å². The number of benzene rings is 1. The lowest BCUT2D eigenvalue weighted by Crippen LogP contribution is -2.14. The van der Waals surface area contributed by atoms with Crippen molar-refractivity contribution in [1.82, 2.24) is 4.98 Å². The van der Waals surface area contributed by atoms with Gasteiger partial charge in [0.2, 0.25) is 0 Å². The van der Waals surface area contributed by atoms with E-state index in [1.54, 1.807) is 11.3 Å². The van der Waals surface area contributed by atoms with E-state index in [2.05, 4.69) is 4.98 Å². The molecule has 0 fully saturated rings. The molecule has 1 aliphatic carbocycles. The van der Waals surface area contributed by atoms with Gasteiger partial charge in [0.1, 0.15) is 10.9 Å². The van der Waals surface area contributed by atoms with E-state index in [0.29, 0.717) is 11.6 Å². The van der Waals surface area contributed by atoms with Gasteiger partial charge in [0.05, 0.1) is 17.3 Å². The van der Waals surface area contributed by atoms with E-state index in [0.717, 1.165) is 29.1 Å². The van der Waals surface area contributed by atoms with E-state index >= 15 is 0 Å². The van der Waals surface area contributed by atoms with Crippen molar-refractivity contribution in [1.29, 1.82) is 0 Å². The van der Waals surface area contributed by atoms with Crippen LogP contribution in [0.1, 0.15) is 29.8 Å². The zero-order valence-electron chi connectivity index (χ0n) is 11.1. The Kier molecular flexibility index (Phi) is 3.76. The number of carbonyl (C=O) groups is 1. The van der Waals surface area contributed by atoms with E-state index in [4.69, 9.17) is 16.3 Å². The lowest BCUT2D eigenvalue weighted by Gasteiger charge is -2.07. The van der Waals surface area contributed by atoms with Crippen LogP contribution in [0.25, 0.3) is 10.6 Å². The summed E-state index contributed by atoms with van der Waals surface area (Å²) in [4.78, 5) is 17.8. The summed E-state index contributed by atoms with van der Waals surface area (Å²) in [5.74, 6) is -0.375. The first kappa shape index (κ1) is 13.6. The van der Waals surface area contributed by atoms with Gasteiger partial charge in [-0.3, -0.25) is 4.79 Å². The molecule has 0 aliphatic heterocycles. The molecule has 1 heterocycles. The molecule has 0 bridgehead atoms. The third-order valence-corrected chi connectivity index (χ3v) is 4.89. The van der Waals surface area contributed by atoms with Crippen LogP contribution in [0, 0.1) is 0 Å². The van der Waals surface area contributed by atoms with Crippen molar-refractivity contribution in [3.63, 3.8) is 0 Å². The Morgan fingerprint density at radius 1 is 1.50 bits per heavy atom. The molecule has 1 aliphatic rings. The summed E-state index contributed by atoms with van der Waals surface area (Å²) in [5, 5.41) is 1.57. The number of aryl methyl sites for hydroxylation is 1. The number of halogens is 1. The van der Waals surface area contributed by atoms with E-state index < -0.39 is 0 Å². The van der Waals surface area contributed by atoms with Crippen LogP contribution in [0.2, 0.25) is 5.02 Å². The minimum Gasteiger partial charge on any atom is -0.465 e. The van der Waals surface area contributed by atoms with E-state index in [-0.39, 0.29) is 11.9 Å². The maximum Gasteiger partial charge on any atom is 0.315 e. The summed E-state index contributed by atoms with van der Waals surface area (Å²) in [5.41, 5.74) is 1.81. The molecule has 0 amide bonds. The summed E-state index contributed by atoms with van der Waals surface area (Å²) in [6.45, 7) is 2.23. The minimum absolute atomic E-state index is 0.165. The number of nitrogens with zero attached hydrogens (tertiary/aromatic N) is 1. The van der Waals surface area contributed by atoms with Crippen molar-refractivity contribution in [3.05, 3.63) is 39.9 Å². The van der Waals surface area contributed by atoms with Crippen molar-refractivity contribution in [2.45, 2.75) is 25.7 Å². The van der Waals surface area contributed by atoms with Gasteiger partial charge in [-0.15, -0.1) is 11.3 Å². The molecule has 20 heavy (non-hydrogen) atoms. The fourth-order valence-electron chi connectivity index (χ4n) is 2.45. The molecule has 1 unspecified atom stereocenters. The predicted molar refractivity (Wildman–Crippen MR) is 80.3 cm³/mol. The number of esters is 1. The fourth-order valence-corrected chi connectivity index (χ4v) is 3.91. The van der Waals surface area contributed by atoms with Crippen LogP contribution in [0.3, 0.4) is 0 Å². The van der Waals surface area contributed by atoms with Gasteiger partial charge in [-0.1, -0.05) is 29.8 Å². The van der Waals surface area contributed by atoms with Gasteiger partial charge < -0.3 is 4.74 Å². The second-order valence-electron chi connectivity index (χ2n) is 4.65. The van der Waals surface area contributed by atoms with Gasteiger partial charge in [0, 0.05) is 10.4 Å². The van der Waals surface area contributed by atoms with E-state index in [1.165, 1.54) is 4.88 Å².